The lowest BCUT2D eigenvalue weighted by molar-refractivity contribution is -0.253. The number of rotatable bonds is 2. The summed E-state index contributed by atoms with van der Waals surface area (Å²) in [6.45, 7) is -0.907. The monoisotopic (exact) mass is 336 g/mol. The predicted molar refractivity (Wildman–Crippen MR) is 81.2 cm³/mol. The summed E-state index contributed by atoms with van der Waals surface area (Å²) in [4.78, 5) is 17.5. The van der Waals surface area contributed by atoms with E-state index in [0.29, 0.717) is 5.56 Å². The third kappa shape index (κ3) is 2.99. The predicted octanol–water partition coefficient (Wildman–Crippen LogP) is 2.89. The van der Waals surface area contributed by atoms with Crippen molar-refractivity contribution in [3.05, 3.63) is 54.4 Å². The molecule has 126 valence electrons. The number of benzene rings is 1. The molecule has 1 atom stereocenters. The molecule has 3 rings (SSSR count). The van der Waals surface area contributed by atoms with Crippen LogP contribution in [0.25, 0.3) is 11.1 Å². The van der Waals surface area contributed by atoms with Crippen molar-refractivity contribution in [1.82, 2.24) is 9.88 Å². The molecule has 0 bridgehead atoms. The van der Waals surface area contributed by atoms with Gasteiger partial charge in [0.15, 0.2) is 5.60 Å². The van der Waals surface area contributed by atoms with Crippen LogP contribution < -0.4 is 0 Å². The van der Waals surface area contributed by atoms with E-state index in [1.54, 1.807) is 12.3 Å². The molecule has 1 amide bonds. The van der Waals surface area contributed by atoms with Gasteiger partial charge in [-0.15, -0.1) is 0 Å². The molecule has 1 N–H and O–H groups in total. The van der Waals surface area contributed by atoms with E-state index >= 15 is 0 Å². The lowest BCUT2D eigenvalue weighted by Crippen LogP contribution is -2.48. The second-order valence-electron chi connectivity index (χ2n) is 5.83. The highest BCUT2D eigenvalue weighted by Crippen LogP contribution is 2.38. The molecule has 0 aliphatic carbocycles. The van der Waals surface area contributed by atoms with Gasteiger partial charge in [0.2, 0.25) is 0 Å². The lowest BCUT2D eigenvalue weighted by atomic mass is 10.0. The van der Waals surface area contributed by atoms with Gasteiger partial charge >= 0.3 is 6.18 Å². The number of β-amino-alcohol motifs (C(OH)–C–C–N with tert-alkyl or cyclic N) is 1. The summed E-state index contributed by atoms with van der Waals surface area (Å²) >= 11 is 0. The fourth-order valence-corrected chi connectivity index (χ4v) is 2.73. The van der Waals surface area contributed by atoms with Crippen molar-refractivity contribution in [3.8, 4) is 11.1 Å². The van der Waals surface area contributed by atoms with Crippen molar-refractivity contribution in [2.24, 2.45) is 0 Å². The second-order valence-corrected chi connectivity index (χ2v) is 5.83. The minimum absolute atomic E-state index is 0.148. The van der Waals surface area contributed by atoms with Gasteiger partial charge in [0.1, 0.15) is 0 Å². The van der Waals surface area contributed by atoms with E-state index in [1.807, 2.05) is 30.3 Å². The third-order valence-corrected chi connectivity index (χ3v) is 4.15. The van der Waals surface area contributed by atoms with Crippen LogP contribution in [0.3, 0.4) is 0 Å². The van der Waals surface area contributed by atoms with E-state index in [2.05, 4.69) is 4.98 Å². The van der Waals surface area contributed by atoms with Crippen molar-refractivity contribution in [2.45, 2.75) is 18.2 Å². The van der Waals surface area contributed by atoms with E-state index in [9.17, 15) is 23.1 Å². The van der Waals surface area contributed by atoms with Gasteiger partial charge in [0.25, 0.3) is 5.91 Å². The quantitative estimate of drug-likeness (QED) is 0.917. The van der Waals surface area contributed by atoms with Crippen LogP contribution in [-0.2, 0) is 0 Å². The second kappa shape index (κ2) is 5.90. The molecule has 1 aromatic heterocycles. The molecule has 1 aliphatic rings. The Morgan fingerprint density at radius 1 is 1.17 bits per heavy atom. The molecule has 4 nitrogen and oxygen atoms in total. The van der Waals surface area contributed by atoms with Gasteiger partial charge in [-0.2, -0.15) is 13.2 Å². The van der Waals surface area contributed by atoms with Gasteiger partial charge in [-0.1, -0.05) is 30.3 Å². The first-order chi connectivity index (χ1) is 11.3. The van der Waals surface area contributed by atoms with E-state index in [-0.39, 0.29) is 12.1 Å². The Balaban J connectivity index is 1.82. The SMILES string of the molecule is O=C(c1cncc(-c2ccccc2)c1)N1CCC(O)(C(F)(F)F)C1. The lowest BCUT2D eigenvalue weighted by Gasteiger charge is -2.25. The number of aromatic nitrogens is 1. The zero-order valence-electron chi connectivity index (χ0n) is 12.6. The standard InChI is InChI=1S/C17H15F3N2O2/c18-17(19,20)16(24)6-7-22(11-16)15(23)14-8-13(9-21-10-14)12-4-2-1-3-5-12/h1-5,8-10,24H,6-7,11H2. The molecule has 0 radical (unpaired) electrons. The van der Waals surface area contributed by atoms with E-state index in [0.717, 1.165) is 10.5 Å². The Hall–Kier alpha value is -2.41. The zero-order chi connectivity index (χ0) is 17.4. The number of amides is 1. The fourth-order valence-electron chi connectivity index (χ4n) is 2.73. The molecule has 1 unspecified atom stereocenters. The van der Waals surface area contributed by atoms with Crippen molar-refractivity contribution < 1.29 is 23.1 Å². The number of halogens is 3. The molecule has 1 aromatic carbocycles. The highest BCUT2D eigenvalue weighted by molar-refractivity contribution is 5.95. The summed E-state index contributed by atoms with van der Waals surface area (Å²) in [6, 6.07) is 10.8. The number of nitrogens with zero attached hydrogens (tertiary/aromatic N) is 2. The molecule has 2 aromatic rings. The minimum Gasteiger partial charge on any atom is -0.379 e. The number of aliphatic hydroxyl groups is 1. The molecule has 1 aliphatic heterocycles. The van der Waals surface area contributed by atoms with Crippen LogP contribution in [0.1, 0.15) is 16.8 Å². The topological polar surface area (TPSA) is 53.4 Å². The normalized spacial score (nSPS) is 21.1. The molecule has 24 heavy (non-hydrogen) atoms. The maximum absolute atomic E-state index is 12.9. The van der Waals surface area contributed by atoms with Crippen molar-refractivity contribution in [3.63, 3.8) is 0 Å². The molecular weight excluding hydrogens is 321 g/mol. The van der Waals surface area contributed by atoms with E-state index in [4.69, 9.17) is 0 Å². The average Bonchev–Trinajstić information content (AvgIpc) is 2.99. The zero-order valence-corrected chi connectivity index (χ0v) is 12.6. The van der Waals surface area contributed by atoms with Crippen LogP contribution in [0.4, 0.5) is 13.2 Å². The minimum atomic E-state index is -4.76. The first-order valence-electron chi connectivity index (χ1n) is 7.39. The molecule has 0 spiro atoms. The number of alkyl halides is 3. The van der Waals surface area contributed by atoms with Gasteiger partial charge in [-0.05, 0) is 11.6 Å². The largest absolute Gasteiger partial charge is 0.419 e. The number of hydrogen-bond acceptors (Lipinski definition) is 3. The van der Waals surface area contributed by atoms with Gasteiger partial charge < -0.3 is 10.0 Å². The third-order valence-electron chi connectivity index (χ3n) is 4.15. The van der Waals surface area contributed by atoms with Crippen LogP contribution in [0.15, 0.2) is 48.8 Å². The number of likely N-dealkylation sites (tertiary alicyclic amines) is 1. The Labute approximate surface area is 136 Å². The summed E-state index contributed by atoms with van der Waals surface area (Å²) in [6.07, 6.45) is -2.37. The van der Waals surface area contributed by atoms with Crippen molar-refractivity contribution in [2.75, 3.05) is 13.1 Å². The Morgan fingerprint density at radius 2 is 1.88 bits per heavy atom. The van der Waals surface area contributed by atoms with Crippen LogP contribution in [0.2, 0.25) is 0 Å². The summed E-state index contributed by atoms with van der Waals surface area (Å²) < 4.78 is 38.6. The first-order valence-corrected chi connectivity index (χ1v) is 7.39. The Bertz CT molecular complexity index is 749. The summed E-state index contributed by atoms with van der Waals surface area (Å²) in [5, 5.41) is 9.69. The van der Waals surface area contributed by atoms with Gasteiger partial charge in [-0.25, -0.2) is 0 Å². The number of pyridine rings is 1. The van der Waals surface area contributed by atoms with Crippen LogP contribution >= 0.6 is 0 Å². The average molecular weight is 336 g/mol. The Morgan fingerprint density at radius 3 is 2.50 bits per heavy atom. The first kappa shape index (κ1) is 16.4. The Kier molecular flexibility index (Phi) is 4.04. The molecule has 2 heterocycles. The molecular formula is C17H15F3N2O2. The summed E-state index contributed by atoms with van der Waals surface area (Å²) in [5.41, 5.74) is -1.09. The van der Waals surface area contributed by atoms with Crippen molar-refractivity contribution >= 4 is 5.91 Å². The molecule has 0 saturated carbocycles. The van der Waals surface area contributed by atoms with Crippen LogP contribution in [-0.4, -0.2) is 45.8 Å². The number of hydrogen-bond donors (Lipinski definition) is 1. The maximum Gasteiger partial charge on any atom is 0.419 e. The summed E-state index contributed by atoms with van der Waals surface area (Å²) in [5.74, 6) is -0.569. The highest BCUT2D eigenvalue weighted by atomic mass is 19.4. The van der Waals surface area contributed by atoms with Crippen LogP contribution in [0, 0.1) is 0 Å². The van der Waals surface area contributed by atoms with Gasteiger partial charge in [0.05, 0.1) is 12.1 Å². The molecule has 1 fully saturated rings. The molecule has 7 heteroatoms. The van der Waals surface area contributed by atoms with Gasteiger partial charge in [-0.3, -0.25) is 9.78 Å². The van der Waals surface area contributed by atoms with Crippen molar-refractivity contribution in [1.29, 1.82) is 0 Å². The van der Waals surface area contributed by atoms with Gasteiger partial charge in [0, 0.05) is 30.9 Å². The summed E-state index contributed by atoms with van der Waals surface area (Å²) in [7, 11) is 0. The van der Waals surface area contributed by atoms with E-state index < -0.39 is 30.7 Å². The molecule has 1 saturated heterocycles. The number of carbonyl (C=O) groups is 1. The maximum atomic E-state index is 12.9. The van der Waals surface area contributed by atoms with E-state index in [1.165, 1.54) is 6.20 Å². The smallest absolute Gasteiger partial charge is 0.379 e. The number of carbonyl (C=O) groups excluding carboxylic acids is 1. The highest BCUT2D eigenvalue weighted by Gasteiger charge is 2.57. The fraction of sp³-hybridized carbons (Fsp3) is 0.294. The van der Waals surface area contributed by atoms with Crippen LogP contribution in [0.5, 0.6) is 0 Å².